The van der Waals surface area contributed by atoms with Gasteiger partial charge in [-0.05, 0) is 30.7 Å². The summed E-state index contributed by atoms with van der Waals surface area (Å²) in [6, 6.07) is 4.98. The first-order chi connectivity index (χ1) is 7.77. The van der Waals surface area contributed by atoms with Gasteiger partial charge in [0.2, 0.25) is 0 Å². The Labute approximate surface area is 95.6 Å². The molecule has 0 saturated heterocycles. The summed E-state index contributed by atoms with van der Waals surface area (Å²) < 4.78 is 23.1. The van der Waals surface area contributed by atoms with E-state index < -0.39 is 0 Å². The molecule has 0 aliphatic heterocycles. The molecule has 3 nitrogen and oxygen atoms in total. The molecule has 1 rings (SSSR count). The van der Waals surface area contributed by atoms with E-state index in [1.165, 1.54) is 13.2 Å². The molecule has 16 heavy (non-hydrogen) atoms. The van der Waals surface area contributed by atoms with Crippen LogP contribution in [0.3, 0.4) is 0 Å². The lowest BCUT2D eigenvalue weighted by molar-refractivity contribution is 0.194. The molecule has 0 amide bonds. The van der Waals surface area contributed by atoms with Gasteiger partial charge >= 0.3 is 0 Å². The molecular weight excluding hydrogens is 209 g/mol. The molecule has 1 aromatic rings. The van der Waals surface area contributed by atoms with E-state index in [1.807, 2.05) is 6.07 Å². The van der Waals surface area contributed by atoms with E-state index in [1.54, 1.807) is 13.2 Å². The average molecular weight is 227 g/mol. The lowest BCUT2D eigenvalue weighted by atomic mass is 10.2. The zero-order valence-corrected chi connectivity index (χ0v) is 9.75. The predicted molar refractivity (Wildman–Crippen MR) is 61.2 cm³/mol. The molecule has 0 aromatic heterocycles. The van der Waals surface area contributed by atoms with Gasteiger partial charge in [-0.3, -0.25) is 0 Å². The summed E-state index contributed by atoms with van der Waals surface area (Å²) in [6.45, 7) is 2.26. The number of ether oxygens (including phenoxy) is 2. The van der Waals surface area contributed by atoms with Gasteiger partial charge in [-0.1, -0.05) is 6.07 Å². The van der Waals surface area contributed by atoms with Crippen LogP contribution in [0.15, 0.2) is 18.2 Å². The van der Waals surface area contributed by atoms with Crippen molar-refractivity contribution in [2.45, 2.75) is 13.0 Å². The van der Waals surface area contributed by atoms with Crippen LogP contribution in [0.25, 0.3) is 0 Å². The van der Waals surface area contributed by atoms with Crippen molar-refractivity contribution in [3.8, 4) is 5.75 Å². The van der Waals surface area contributed by atoms with Gasteiger partial charge in [0.15, 0.2) is 11.6 Å². The lowest BCUT2D eigenvalue weighted by Gasteiger charge is -2.06. The van der Waals surface area contributed by atoms with Crippen molar-refractivity contribution < 1.29 is 13.9 Å². The number of nitrogens with one attached hydrogen (secondary N) is 1. The Morgan fingerprint density at radius 1 is 1.31 bits per heavy atom. The van der Waals surface area contributed by atoms with Crippen molar-refractivity contribution in [1.82, 2.24) is 5.32 Å². The molecular formula is C12H18FNO2. The average Bonchev–Trinajstić information content (AvgIpc) is 2.29. The van der Waals surface area contributed by atoms with E-state index in [9.17, 15) is 4.39 Å². The van der Waals surface area contributed by atoms with Crippen LogP contribution in [0.2, 0.25) is 0 Å². The Morgan fingerprint density at radius 3 is 2.75 bits per heavy atom. The lowest BCUT2D eigenvalue weighted by Crippen LogP contribution is -2.16. The van der Waals surface area contributed by atoms with Crippen LogP contribution in [0, 0.1) is 5.82 Å². The summed E-state index contributed by atoms with van der Waals surface area (Å²) in [4.78, 5) is 0. The molecule has 0 spiro atoms. The first-order valence-electron chi connectivity index (χ1n) is 5.30. The number of benzene rings is 1. The summed E-state index contributed by atoms with van der Waals surface area (Å²) in [5.41, 5.74) is 0.913. The molecule has 0 unspecified atom stereocenters. The summed E-state index contributed by atoms with van der Waals surface area (Å²) in [5, 5.41) is 3.21. The number of methoxy groups -OCH3 is 2. The highest BCUT2D eigenvalue weighted by Crippen LogP contribution is 2.17. The van der Waals surface area contributed by atoms with Crippen LogP contribution in [-0.2, 0) is 11.3 Å². The molecule has 1 aromatic carbocycles. The summed E-state index contributed by atoms with van der Waals surface area (Å²) in [7, 11) is 3.14. The Balaban J connectivity index is 2.34. The highest BCUT2D eigenvalue weighted by Gasteiger charge is 2.02. The fourth-order valence-electron chi connectivity index (χ4n) is 1.39. The maximum Gasteiger partial charge on any atom is 0.165 e. The molecule has 0 aliphatic rings. The number of rotatable bonds is 7. The third kappa shape index (κ3) is 4.16. The first-order valence-corrected chi connectivity index (χ1v) is 5.30. The van der Waals surface area contributed by atoms with Gasteiger partial charge in [0, 0.05) is 20.3 Å². The van der Waals surface area contributed by atoms with E-state index in [2.05, 4.69) is 5.32 Å². The second-order valence-corrected chi connectivity index (χ2v) is 3.49. The first kappa shape index (κ1) is 12.9. The van der Waals surface area contributed by atoms with Gasteiger partial charge in [-0.15, -0.1) is 0 Å². The molecule has 90 valence electrons. The van der Waals surface area contributed by atoms with Gasteiger partial charge in [-0.25, -0.2) is 4.39 Å². The molecule has 0 atom stereocenters. The Hall–Kier alpha value is -1.13. The fourth-order valence-corrected chi connectivity index (χ4v) is 1.39. The molecule has 1 N–H and O–H groups in total. The minimum atomic E-state index is -0.321. The Bertz CT molecular complexity index is 318. The molecule has 0 heterocycles. The topological polar surface area (TPSA) is 30.5 Å². The fraction of sp³-hybridized carbons (Fsp3) is 0.500. The number of hydrogen-bond acceptors (Lipinski definition) is 3. The Kier molecular flexibility index (Phi) is 5.82. The molecule has 0 aliphatic carbocycles. The van der Waals surface area contributed by atoms with Crippen LogP contribution >= 0.6 is 0 Å². The van der Waals surface area contributed by atoms with E-state index >= 15 is 0 Å². The van der Waals surface area contributed by atoms with E-state index in [0.29, 0.717) is 6.54 Å². The highest BCUT2D eigenvalue weighted by molar-refractivity contribution is 5.29. The van der Waals surface area contributed by atoms with Crippen molar-refractivity contribution >= 4 is 0 Å². The van der Waals surface area contributed by atoms with Crippen LogP contribution < -0.4 is 10.1 Å². The molecule has 0 saturated carbocycles. The van der Waals surface area contributed by atoms with Crippen LogP contribution in [0.4, 0.5) is 4.39 Å². The van der Waals surface area contributed by atoms with Crippen LogP contribution in [0.1, 0.15) is 12.0 Å². The quantitative estimate of drug-likeness (QED) is 0.722. The zero-order chi connectivity index (χ0) is 11.8. The zero-order valence-electron chi connectivity index (χ0n) is 9.75. The van der Waals surface area contributed by atoms with E-state index in [-0.39, 0.29) is 11.6 Å². The monoisotopic (exact) mass is 227 g/mol. The summed E-state index contributed by atoms with van der Waals surface area (Å²) >= 11 is 0. The van der Waals surface area contributed by atoms with Crippen molar-refractivity contribution in [2.24, 2.45) is 0 Å². The minimum absolute atomic E-state index is 0.281. The van der Waals surface area contributed by atoms with Crippen LogP contribution in [-0.4, -0.2) is 27.4 Å². The summed E-state index contributed by atoms with van der Waals surface area (Å²) in [5.74, 6) is -0.0400. The van der Waals surface area contributed by atoms with E-state index in [4.69, 9.17) is 9.47 Å². The smallest absolute Gasteiger partial charge is 0.165 e. The van der Waals surface area contributed by atoms with Gasteiger partial charge in [0.25, 0.3) is 0 Å². The number of hydrogen-bond donors (Lipinski definition) is 1. The second kappa shape index (κ2) is 7.19. The largest absolute Gasteiger partial charge is 0.494 e. The normalized spacial score (nSPS) is 10.4. The van der Waals surface area contributed by atoms with E-state index in [0.717, 1.165) is 25.1 Å². The predicted octanol–water partition coefficient (Wildman–Crippen LogP) is 1.96. The van der Waals surface area contributed by atoms with Crippen LogP contribution in [0.5, 0.6) is 5.75 Å². The van der Waals surface area contributed by atoms with Crippen molar-refractivity contribution in [3.63, 3.8) is 0 Å². The number of halogens is 1. The van der Waals surface area contributed by atoms with Gasteiger partial charge in [-0.2, -0.15) is 0 Å². The third-order valence-electron chi connectivity index (χ3n) is 2.25. The third-order valence-corrected chi connectivity index (χ3v) is 2.25. The van der Waals surface area contributed by atoms with Gasteiger partial charge in [0.05, 0.1) is 7.11 Å². The molecule has 0 radical (unpaired) electrons. The second-order valence-electron chi connectivity index (χ2n) is 3.49. The van der Waals surface area contributed by atoms with Crippen molar-refractivity contribution in [1.29, 1.82) is 0 Å². The van der Waals surface area contributed by atoms with Gasteiger partial charge in [0.1, 0.15) is 0 Å². The molecule has 4 heteroatoms. The Morgan fingerprint density at radius 2 is 2.12 bits per heavy atom. The maximum absolute atomic E-state index is 13.3. The van der Waals surface area contributed by atoms with Gasteiger partial charge < -0.3 is 14.8 Å². The summed E-state index contributed by atoms with van der Waals surface area (Å²) in [6.07, 6.45) is 0.954. The maximum atomic E-state index is 13.3. The van der Waals surface area contributed by atoms with Crippen molar-refractivity contribution in [3.05, 3.63) is 29.6 Å². The highest BCUT2D eigenvalue weighted by atomic mass is 19.1. The minimum Gasteiger partial charge on any atom is -0.494 e. The SMILES string of the molecule is COCCCNCc1ccc(OC)c(F)c1. The molecule has 0 bridgehead atoms. The molecule has 0 fully saturated rings. The van der Waals surface area contributed by atoms with Crippen molar-refractivity contribution in [2.75, 3.05) is 27.4 Å². The standard InChI is InChI=1S/C12H18FNO2/c1-15-7-3-6-14-9-10-4-5-12(16-2)11(13)8-10/h4-5,8,14H,3,6-7,9H2,1-2H3.